The van der Waals surface area contributed by atoms with Crippen LogP contribution in [-0.4, -0.2) is 26.2 Å². The summed E-state index contributed by atoms with van der Waals surface area (Å²) in [6, 6.07) is 18.3. The summed E-state index contributed by atoms with van der Waals surface area (Å²) in [7, 11) is 0. The molecular weight excluding hydrogens is 539 g/mol. The van der Waals surface area contributed by atoms with Gasteiger partial charge in [-0.25, -0.2) is 8.78 Å². The quantitative estimate of drug-likeness (QED) is 0.118. The molecule has 7 heteroatoms. The van der Waals surface area contributed by atoms with Crippen molar-refractivity contribution < 1.29 is 23.1 Å². The van der Waals surface area contributed by atoms with Crippen LogP contribution in [-0.2, 0) is 4.79 Å². The molecule has 4 rings (SSSR count). The third-order valence-electron chi connectivity index (χ3n) is 5.09. The molecular formula is C26H20F2INO3. The van der Waals surface area contributed by atoms with E-state index in [1.54, 1.807) is 23.1 Å². The van der Waals surface area contributed by atoms with Crippen LogP contribution in [0.25, 0.3) is 0 Å². The Hall–Kier alpha value is -3.20. The Morgan fingerprint density at radius 3 is 2.18 bits per heavy atom. The van der Waals surface area contributed by atoms with Crippen molar-refractivity contribution in [2.24, 2.45) is 0 Å². The first-order valence-electron chi connectivity index (χ1n) is 10.2. The maximum Gasteiger partial charge on any atom is 0.262 e. The molecule has 0 bridgehead atoms. The topological polar surface area (TPSA) is 46.6 Å². The van der Waals surface area contributed by atoms with E-state index in [2.05, 4.69) is 6.58 Å². The lowest BCUT2D eigenvalue weighted by Crippen LogP contribution is -2.55. The van der Waals surface area contributed by atoms with Crippen LogP contribution in [0, 0.1) is 11.6 Å². The molecule has 1 aliphatic rings. The summed E-state index contributed by atoms with van der Waals surface area (Å²) < 4.78 is 33.0. The number of rotatable bonds is 8. The smallest absolute Gasteiger partial charge is 0.262 e. The molecule has 3 aromatic rings. The van der Waals surface area contributed by atoms with Crippen LogP contribution in [0.3, 0.4) is 0 Å². The van der Waals surface area contributed by atoms with Gasteiger partial charge in [0.15, 0.2) is 5.78 Å². The van der Waals surface area contributed by atoms with Gasteiger partial charge in [0.1, 0.15) is 24.0 Å². The highest BCUT2D eigenvalue weighted by Gasteiger charge is 2.44. The number of benzene rings is 3. The summed E-state index contributed by atoms with van der Waals surface area (Å²) in [5.41, 5.74) is 1.91. The predicted octanol–water partition coefficient (Wildman–Crippen LogP) is 5.64. The molecule has 1 amide bonds. The van der Waals surface area contributed by atoms with Gasteiger partial charge in [-0.15, -0.1) is 20.7 Å². The third kappa shape index (κ3) is 5.08. The fourth-order valence-corrected chi connectivity index (χ4v) is 6.28. The van der Waals surface area contributed by atoms with Gasteiger partial charge in [0.2, 0.25) is 0 Å². The summed E-state index contributed by atoms with van der Waals surface area (Å²) in [4.78, 5) is 27.3. The monoisotopic (exact) mass is 559 g/mol. The minimum absolute atomic E-state index is 0.116. The van der Waals surface area contributed by atoms with Gasteiger partial charge in [0, 0.05) is 11.3 Å². The average molecular weight is 559 g/mol. The number of β-lactam (4-membered cyclic amide) rings is 1. The lowest BCUT2D eigenvalue weighted by atomic mass is 9.93. The Labute approximate surface area is 200 Å². The van der Waals surface area contributed by atoms with Crippen molar-refractivity contribution in [3.63, 3.8) is 0 Å². The molecule has 1 saturated heterocycles. The lowest BCUT2D eigenvalue weighted by Gasteiger charge is -2.42. The number of nitrogens with zero attached hydrogens (tertiary/aromatic N) is 1. The molecule has 33 heavy (non-hydrogen) atoms. The normalized spacial score (nSPS) is 16.7. The molecule has 3 aromatic carbocycles. The molecule has 0 aromatic heterocycles. The van der Waals surface area contributed by atoms with E-state index in [9.17, 15) is 18.4 Å². The van der Waals surface area contributed by atoms with Crippen molar-refractivity contribution in [3.8, 4) is 5.75 Å². The number of halogens is 3. The predicted molar refractivity (Wildman–Crippen MR) is 133 cm³/mol. The fraction of sp³-hybridized carbons (Fsp3) is 0.115. The number of carbonyl (C=O) groups excluding carboxylic acids is 2. The SMILES string of the molecule is C=CCOc1ccc([C@@H]2C(=ICC(=O)c3ccc(F)cc3)C(=O)N2c2ccc(F)cc2)cc1. The summed E-state index contributed by atoms with van der Waals surface area (Å²) in [6.07, 6.45) is 1.66. The number of alkyl halides is 1. The highest BCUT2D eigenvalue weighted by atomic mass is 127. The van der Waals surface area contributed by atoms with Gasteiger partial charge >= 0.3 is 0 Å². The molecule has 1 fully saturated rings. The molecule has 1 heterocycles. The molecule has 0 radical (unpaired) electrons. The first-order valence-corrected chi connectivity index (χ1v) is 12.8. The first-order chi connectivity index (χ1) is 16.0. The highest BCUT2D eigenvalue weighted by Crippen LogP contribution is 2.40. The number of ether oxygens (including phenoxy) is 1. The van der Waals surface area contributed by atoms with Gasteiger partial charge in [-0.1, -0.05) is 24.8 Å². The molecule has 1 aliphatic heterocycles. The van der Waals surface area contributed by atoms with E-state index >= 15 is 0 Å². The molecule has 0 spiro atoms. The summed E-state index contributed by atoms with van der Waals surface area (Å²) in [5, 5.41) is 0. The number of amides is 1. The number of carbonyl (C=O) groups is 2. The van der Waals surface area contributed by atoms with E-state index < -0.39 is 26.5 Å². The van der Waals surface area contributed by atoms with Gasteiger partial charge in [0.25, 0.3) is 5.91 Å². The van der Waals surface area contributed by atoms with Crippen molar-refractivity contribution in [1.29, 1.82) is 0 Å². The molecule has 0 saturated carbocycles. The van der Waals surface area contributed by atoms with Gasteiger partial charge in [-0.3, -0.25) is 14.5 Å². The Bertz CT molecular complexity index is 1210. The summed E-state index contributed by atoms with van der Waals surface area (Å²) in [5.74, 6) is -0.372. The van der Waals surface area contributed by atoms with Crippen LogP contribution in [0.15, 0.2) is 85.5 Å². The minimum atomic E-state index is -0.911. The summed E-state index contributed by atoms with van der Waals surface area (Å²) in [6.45, 7) is 4.02. The molecule has 0 unspecified atom stereocenters. The second-order valence-electron chi connectivity index (χ2n) is 7.27. The van der Waals surface area contributed by atoms with E-state index in [4.69, 9.17) is 4.74 Å². The highest BCUT2D eigenvalue weighted by molar-refractivity contribution is 14.2. The number of Topliss-reactive ketones (excluding diaryl/α,β-unsaturated/α-hetero) is 1. The van der Waals surface area contributed by atoms with Crippen molar-refractivity contribution in [1.82, 2.24) is 0 Å². The Morgan fingerprint density at radius 2 is 1.58 bits per heavy atom. The van der Waals surface area contributed by atoms with Crippen LogP contribution in [0.1, 0.15) is 22.0 Å². The van der Waals surface area contributed by atoms with Crippen molar-refractivity contribution in [3.05, 3.63) is 108 Å². The number of ketones is 1. The molecule has 4 nitrogen and oxygen atoms in total. The van der Waals surface area contributed by atoms with Crippen LogP contribution in [0.2, 0.25) is 0 Å². The molecule has 168 valence electrons. The van der Waals surface area contributed by atoms with Crippen molar-refractivity contribution in [2.45, 2.75) is 6.04 Å². The van der Waals surface area contributed by atoms with E-state index in [0.29, 0.717) is 27.1 Å². The fourth-order valence-electron chi connectivity index (χ4n) is 3.44. The van der Waals surface area contributed by atoms with Gasteiger partial charge in [-0.05, 0) is 66.2 Å². The lowest BCUT2D eigenvalue weighted by molar-refractivity contribution is -0.114. The Kier molecular flexibility index (Phi) is 7.08. The van der Waals surface area contributed by atoms with Crippen LogP contribution in [0.4, 0.5) is 14.5 Å². The Morgan fingerprint density at radius 1 is 0.970 bits per heavy atom. The van der Waals surface area contributed by atoms with E-state index in [-0.39, 0.29) is 28.0 Å². The number of anilines is 1. The second kappa shape index (κ2) is 10.2. The zero-order chi connectivity index (χ0) is 23.4. The minimum Gasteiger partial charge on any atom is -0.490 e. The van der Waals surface area contributed by atoms with Gasteiger partial charge < -0.3 is 4.74 Å². The number of hydrogen-bond donors (Lipinski definition) is 0. The number of hydrogen-bond acceptors (Lipinski definition) is 3. The average Bonchev–Trinajstić information content (AvgIpc) is 2.83. The summed E-state index contributed by atoms with van der Waals surface area (Å²) >= 11 is -0.911. The zero-order valence-electron chi connectivity index (χ0n) is 17.5. The van der Waals surface area contributed by atoms with Crippen LogP contribution < -0.4 is 9.64 Å². The van der Waals surface area contributed by atoms with Gasteiger partial charge in [0.05, 0.1) is 14.0 Å². The van der Waals surface area contributed by atoms with Gasteiger partial charge in [-0.2, -0.15) is 0 Å². The molecule has 0 aliphatic carbocycles. The van der Waals surface area contributed by atoms with Crippen LogP contribution >= 0.6 is 20.7 Å². The van der Waals surface area contributed by atoms with Crippen molar-refractivity contribution in [2.75, 3.05) is 15.9 Å². The van der Waals surface area contributed by atoms with Crippen molar-refractivity contribution >= 4 is 41.6 Å². The van der Waals surface area contributed by atoms with E-state index in [1.807, 2.05) is 24.3 Å². The van der Waals surface area contributed by atoms with Crippen LogP contribution in [0.5, 0.6) is 5.75 Å². The maximum atomic E-state index is 13.4. The third-order valence-corrected chi connectivity index (χ3v) is 8.04. The first kappa shape index (κ1) is 23.0. The standard InChI is InChI=1S/C26H20F2INO3/c1-2-15-33-22-13-5-18(6-14-22)25-24(26(32)30(25)21-11-9-20(28)10-12-21)29-16-23(31)17-3-7-19(27)8-4-17/h2-14,25H,1,15-16H2/t25-/m1/s1. The molecule has 1 atom stereocenters. The van der Waals surface area contributed by atoms with E-state index in [0.717, 1.165) is 5.56 Å². The second-order valence-corrected chi connectivity index (χ2v) is 9.96. The van der Waals surface area contributed by atoms with E-state index in [1.165, 1.54) is 36.4 Å². The zero-order valence-corrected chi connectivity index (χ0v) is 19.7. The Balaban J connectivity index is 1.62. The molecule has 0 N–H and O–H groups in total. The largest absolute Gasteiger partial charge is 0.490 e. The maximum absolute atomic E-state index is 13.4.